The minimum atomic E-state index is -0.0913. The van der Waals surface area contributed by atoms with Crippen molar-refractivity contribution in [1.29, 1.82) is 0 Å². The van der Waals surface area contributed by atoms with Gasteiger partial charge >= 0.3 is 0 Å². The molecule has 0 saturated heterocycles. The number of rotatable bonds is 4. The molecule has 1 heterocycles. The Hall–Kier alpha value is -2.03. The van der Waals surface area contributed by atoms with Crippen molar-refractivity contribution in [3.8, 4) is 0 Å². The molecule has 0 saturated carbocycles. The van der Waals surface area contributed by atoms with E-state index in [2.05, 4.69) is 36.5 Å². The zero-order chi connectivity index (χ0) is 14.7. The molecule has 1 aromatic heterocycles. The Balaban J connectivity index is 2.08. The normalized spacial score (nSPS) is 12.2. The van der Waals surface area contributed by atoms with E-state index in [1.54, 1.807) is 6.07 Å². The lowest BCUT2D eigenvalue weighted by molar-refractivity contribution is 0.0938. The Bertz CT molecular complexity index is 596. The molecule has 1 atom stereocenters. The topological polar surface area (TPSA) is 42.2 Å². The van der Waals surface area contributed by atoms with Crippen molar-refractivity contribution >= 4 is 5.91 Å². The molecule has 1 amide bonds. The monoisotopic (exact) mass is 271 g/mol. The largest absolute Gasteiger partial charge is 0.466 e. The average molecular weight is 271 g/mol. The molecule has 2 aromatic rings. The number of amides is 1. The van der Waals surface area contributed by atoms with Gasteiger partial charge in [0.15, 0.2) is 0 Å². The highest BCUT2D eigenvalue weighted by Crippen LogP contribution is 2.17. The molecular weight excluding hydrogens is 250 g/mol. The third-order valence-corrected chi connectivity index (χ3v) is 3.52. The fourth-order valence-corrected chi connectivity index (χ4v) is 2.26. The highest BCUT2D eigenvalue weighted by Gasteiger charge is 2.16. The number of carbonyl (C=O) groups excluding carboxylic acids is 1. The highest BCUT2D eigenvalue weighted by atomic mass is 16.3. The molecule has 0 fully saturated rings. The molecule has 1 aromatic carbocycles. The van der Waals surface area contributed by atoms with E-state index in [-0.39, 0.29) is 11.9 Å². The van der Waals surface area contributed by atoms with Crippen LogP contribution in [0.15, 0.2) is 34.7 Å². The van der Waals surface area contributed by atoms with Gasteiger partial charge in [0.25, 0.3) is 5.91 Å². The van der Waals surface area contributed by atoms with Gasteiger partial charge in [0.05, 0.1) is 11.6 Å². The van der Waals surface area contributed by atoms with Crippen LogP contribution in [0.5, 0.6) is 0 Å². The van der Waals surface area contributed by atoms with Gasteiger partial charge in [-0.2, -0.15) is 0 Å². The second-order valence-electron chi connectivity index (χ2n) is 5.12. The summed E-state index contributed by atoms with van der Waals surface area (Å²) in [6.07, 6.45) is 1.02. The van der Waals surface area contributed by atoms with Crippen molar-refractivity contribution in [1.82, 2.24) is 5.32 Å². The molecule has 0 aliphatic rings. The first-order chi connectivity index (χ1) is 9.51. The first-order valence-electron chi connectivity index (χ1n) is 6.98. The van der Waals surface area contributed by atoms with Crippen LogP contribution in [-0.2, 0) is 6.42 Å². The van der Waals surface area contributed by atoms with Crippen LogP contribution in [0.2, 0.25) is 0 Å². The summed E-state index contributed by atoms with van der Waals surface area (Å²) in [6.45, 7) is 7.77. The smallest absolute Gasteiger partial charge is 0.255 e. The fourth-order valence-electron chi connectivity index (χ4n) is 2.26. The van der Waals surface area contributed by atoms with Crippen LogP contribution in [0, 0.1) is 13.8 Å². The first-order valence-corrected chi connectivity index (χ1v) is 6.98. The highest BCUT2D eigenvalue weighted by molar-refractivity contribution is 5.95. The predicted octanol–water partition coefficient (Wildman–Crippen LogP) is 3.95. The molecule has 1 N–H and O–H groups in total. The number of furan rings is 1. The second-order valence-corrected chi connectivity index (χ2v) is 5.12. The third kappa shape index (κ3) is 3.10. The molecule has 2 rings (SSSR count). The van der Waals surface area contributed by atoms with E-state index in [1.165, 1.54) is 5.56 Å². The second kappa shape index (κ2) is 5.95. The van der Waals surface area contributed by atoms with Crippen LogP contribution in [0.3, 0.4) is 0 Å². The summed E-state index contributed by atoms with van der Waals surface area (Å²) < 4.78 is 5.39. The van der Waals surface area contributed by atoms with Crippen molar-refractivity contribution in [3.05, 3.63) is 58.5 Å². The number of benzene rings is 1. The van der Waals surface area contributed by atoms with Crippen LogP contribution < -0.4 is 5.32 Å². The Morgan fingerprint density at radius 3 is 2.40 bits per heavy atom. The summed E-state index contributed by atoms with van der Waals surface area (Å²) in [4.78, 5) is 12.2. The van der Waals surface area contributed by atoms with Crippen molar-refractivity contribution in [3.63, 3.8) is 0 Å². The number of aryl methyl sites for hydroxylation is 3. The maximum absolute atomic E-state index is 12.2. The molecule has 20 heavy (non-hydrogen) atoms. The molecule has 106 valence electrons. The molecule has 3 nitrogen and oxygen atoms in total. The quantitative estimate of drug-likeness (QED) is 0.914. The van der Waals surface area contributed by atoms with Crippen molar-refractivity contribution in [2.45, 2.75) is 40.2 Å². The Labute approximate surface area is 120 Å². The molecule has 0 aliphatic heterocycles. The average Bonchev–Trinajstić information content (AvgIpc) is 2.78. The van der Waals surface area contributed by atoms with E-state index in [0.717, 1.165) is 17.7 Å². The fraction of sp³-hybridized carbons (Fsp3) is 0.353. The van der Waals surface area contributed by atoms with Crippen LogP contribution >= 0.6 is 0 Å². The van der Waals surface area contributed by atoms with E-state index in [9.17, 15) is 4.79 Å². The zero-order valence-corrected chi connectivity index (χ0v) is 12.5. The summed E-state index contributed by atoms with van der Waals surface area (Å²) in [5, 5.41) is 3.01. The van der Waals surface area contributed by atoms with E-state index in [1.807, 2.05) is 20.8 Å². The van der Waals surface area contributed by atoms with Gasteiger partial charge < -0.3 is 9.73 Å². The maximum Gasteiger partial charge on any atom is 0.255 e. The van der Waals surface area contributed by atoms with Crippen LogP contribution in [0.4, 0.5) is 0 Å². The molecule has 0 radical (unpaired) electrons. The summed E-state index contributed by atoms with van der Waals surface area (Å²) in [5.74, 6) is 1.33. The van der Waals surface area contributed by atoms with Gasteiger partial charge in [-0.25, -0.2) is 0 Å². The zero-order valence-electron chi connectivity index (χ0n) is 12.5. The Morgan fingerprint density at radius 1 is 1.25 bits per heavy atom. The van der Waals surface area contributed by atoms with Crippen molar-refractivity contribution in [2.75, 3.05) is 0 Å². The Kier molecular flexibility index (Phi) is 4.28. The van der Waals surface area contributed by atoms with Gasteiger partial charge in [-0.3, -0.25) is 4.79 Å². The summed E-state index contributed by atoms with van der Waals surface area (Å²) in [7, 11) is 0. The summed E-state index contributed by atoms with van der Waals surface area (Å²) in [6, 6.07) is 10.1. The lowest BCUT2D eigenvalue weighted by atomic mass is 10.0. The maximum atomic E-state index is 12.2. The van der Waals surface area contributed by atoms with E-state index in [0.29, 0.717) is 11.3 Å². The minimum Gasteiger partial charge on any atom is -0.466 e. The lowest BCUT2D eigenvalue weighted by Gasteiger charge is -2.14. The van der Waals surface area contributed by atoms with Gasteiger partial charge in [0.2, 0.25) is 0 Å². The van der Waals surface area contributed by atoms with Crippen LogP contribution in [-0.4, -0.2) is 5.91 Å². The van der Waals surface area contributed by atoms with Crippen molar-refractivity contribution in [2.24, 2.45) is 0 Å². The SMILES string of the molecule is CCc1ccc([C@H](C)NC(=O)c2cc(C)oc2C)cc1. The molecule has 0 spiro atoms. The summed E-state index contributed by atoms with van der Waals surface area (Å²) >= 11 is 0. The van der Waals surface area contributed by atoms with Gasteiger partial charge in [-0.15, -0.1) is 0 Å². The number of carbonyl (C=O) groups is 1. The Morgan fingerprint density at radius 2 is 1.90 bits per heavy atom. The van der Waals surface area contributed by atoms with Crippen molar-refractivity contribution < 1.29 is 9.21 Å². The van der Waals surface area contributed by atoms with E-state index < -0.39 is 0 Å². The standard InChI is InChI=1S/C17H21NO2/c1-5-14-6-8-15(9-7-14)12(3)18-17(19)16-10-11(2)20-13(16)4/h6-10,12H,5H2,1-4H3,(H,18,19)/t12-/m0/s1. The molecule has 3 heteroatoms. The first kappa shape index (κ1) is 14.4. The van der Waals surface area contributed by atoms with Gasteiger partial charge in [-0.05, 0) is 44.4 Å². The predicted molar refractivity (Wildman–Crippen MR) is 79.9 cm³/mol. The van der Waals surface area contributed by atoms with Gasteiger partial charge in [0.1, 0.15) is 11.5 Å². The van der Waals surface area contributed by atoms with E-state index in [4.69, 9.17) is 4.42 Å². The minimum absolute atomic E-state index is 0.0250. The number of nitrogens with one attached hydrogen (secondary N) is 1. The molecule has 0 bridgehead atoms. The van der Waals surface area contributed by atoms with Gasteiger partial charge in [0, 0.05) is 0 Å². The van der Waals surface area contributed by atoms with Gasteiger partial charge in [-0.1, -0.05) is 31.2 Å². The molecule has 0 unspecified atom stereocenters. The third-order valence-electron chi connectivity index (χ3n) is 3.52. The van der Waals surface area contributed by atoms with Crippen LogP contribution in [0.25, 0.3) is 0 Å². The number of hydrogen-bond donors (Lipinski definition) is 1. The summed E-state index contributed by atoms with van der Waals surface area (Å²) in [5.41, 5.74) is 3.02. The van der Waals surface area contributed by atoms with Crippen LogP contribution in [0.1, 0.15) is 52.9 Å². The number of hydrogen-bond acceptors (Lipinski definition) is 2. The molecule has 0 aliphatic carbocycles. The lowest BCUT2D eigenvalue weighted by Crippen LogP contribution is -2.26. The molecular formula is C17H21NO2. The van der Waals surface area contributed by atoms with E-state index >= 15 is 0 Å².